The van der Waals surface area contributed by atoms with Gasteiger partial charge in [-0.1, -0.05) is 35.9 Å². The predicted molar refractivity (Wildman–Crippen MR) is 106 cm³/mol. The summed E-state index contributed by atoms with van der Waals surface area (Å²) >= 11 is 0. The Labute approximate surface area is 157 Å². The third-order valence-corrected chi connectivity index (χ3v) is 5.87. The second-order valence-electron chi connectivity index (χ2n) is 7.90. The molecule has 2 fully saturated rings. The number of benzene rings is 1. The number of aryl methyl sites for hydroxylation is 1. The lowest BCUT2D eigenvalue weighted by molar-refractivity contribution is 0.0237. The van der Waals surface area contributed by atoms with E-state index in [0.29, 0.717) is 12.0 Å². The van der Waals surface area contributed by atoms with Gasteiger partial charge < -0.3 is 4.74 Å². The molecule has 0 spiro atoms. The molecule has 3 heteroatoms. The van der Waals surface area contributed by atoms with Crippen molar-refractivity contribution in [2.75, 3.05) is 26.3 Å². The minimum Gasteiger partial charge on any atom is -0.381 e. The number of rotatable bonds is 4. The first kappa shape index (κ1) is 17.7. The Bertz CT molecular complexity index is 724. The molecule has 3 nitrogen and oxygen atoms in total. The second kappa shape index (κ2) is 8.32. The van der Waals surface area contributed by atoms with Crippen LogP contribution in [0.1, 0.15) is 54.1 Å². The van der Waals surface area contributed by atoms with Crippen LogP contribution in [-0.4, -0.2) is 42.2 Å². The maximum absolute atomic E-state index is 5.54. The van der Waals surface area contributed by atoms with Crippen LogP contribution in [0.4, 0.5) is 0 Å². The van der Waals surface area contributed by atoms with Crippen molar-refractivity contribution in [1.29, 1.82) is 0 Å². The average molecular weight is 351 g/mol. The molecule has 26 heavy (non-hydrogen) atoms. The molecule has 0 N–H and O–H groups in total. The Morgan fingerprint density at radius 3 is 2.77 bits per heavy atom. The lowest BCUT2D eigenvalue weighted by Gasteiger charge is -2.39. The quantitative estimate of drug-likeness (QED) is 0.820. The van der Waals surface area contributed by atoms with Gasteiger partial charge in [-0.25, -0.2) is 0 Å². The maximum Gasteiger partial charge on any atom is 0.0480 e. The van der Waals surface area contributed by atoms with E-state index in [0.717, 1.165) is 26.2 Å². The fourth-order valence-electron chi connectivity index (χ4n) is 4.48. The van der Waals surface area contributed by atoms with Gasteiger partial charge in [0.05, 0.1) is 0 Å². The van der Waals surface area contributed by atoms with Crippen molar-refractivity contribution < 1.29 is 4.74 Å². The molecule has 0 unspecified atom stereocenters. The van der Waals surface area contributed by atoms with Crippen molar-refractivity contribution in [3.8, 4) is 0 Å². The highest BCUT2D eigenvalue weighted by Crippen LogP contribution is 2.29. The number of hydrogen-bond donors (Lipinski definition) is 0. The Morgan fingerprint density at radius 2 is 1.92 bits per heavy atom. The summed E-state index contributed by atoms with van der Waals surface area (Å²) in [6.45, 7) is 6.40. The standard InChI is InChI=1S/C23H30N2O/c1-18-5-2-6-19(15-18)16-21-8-3-9-23(24-21)20-7-4-12-25(17-20)22-10-13-26-14-11-22/h2-3,5-6,8-9,15,20,22H,4,7,10-14,16-17H2,1H3/t20-/m0/s1. The Morgan fingerprint density at radius 1 is 1.08 bits per heavy atom. The van der Waals surface area contributed by atoms with Crippen LogP contribution in [0.3, 0.4) is 0 Å². The Balaban J connectivity index is 1.45. The maximum atomic E-state index is 5.54. The van der Waals surface area contributed by atoms with E-state index in [9.17, 15) is 0 Å². The number of likely N-dealkylation sites (tertiary alicyclic amines) is 1. The number of piperidine rings is 1. The van der Waals surface area contributed by atoms with E-state index >= 15 is 0 Å². The van der Waals surface area contributed by atoms with E-state index in [1.807, 2.05) is 0 Å². The van der Waals surface area contributed by atoms with Crippen molar-refractivity contribution in [3.63, 3.8) is 0 Å². The van der Waals surface area contributed by atoms with Crippen molar-refractivity contribution in [2.45, 2.75) is 51.0 Å². The summed E-state index contributed by atoms with van der Waals surface area (Å²) in [5.41, 5.74) is 5.14. The number of aromatic nitrogens is 1. The monoisotopic (exact) mass is 350 g/mol. The summed E-state index contributed by atoms with van der Waals surface area (Å²) in [5, 5.41) is 0. The van der Waals surface area contributed by atoms with Crippen LogP contribution < -0.4 is 0 Å². The highest BCUT2D eigenvalue weighted by Gasteiger charge is 2.28. The summed E-state index contributed by atoms with van der Waals surface area (Å²) in [7, 11) is 0. The van der Waals surface area contributed by atoms with Crippen LogP contribution in [0.25, 0.3) is 0 Å². The van der Waals surface area contributed by atoms with Crippen LogP contribution in [0.2, 0.25) is 0 Å². The highest BCUT2D eigenvalue weighted by molar-refractivity contribution is 5.27. The van der Waals surface area contributed by atoms with Gasteiger partial charge in [0.2, 0.25) is 0 Å². The summed E-state index contributed by atoms with van der Waals surface area (Å²) in [4.78, 5) is 7.75. The average Bonchev–Trinajstić information content (AvgIpc) is 2.69. The smallest absolute Gasteiger partial charge is 0.0480 e. The first-order valence-electron chi connectivity index (χ1n) is 10.1. The zero-order valence-corrected chi connectivity index (χ0v) is 15.9. The van der Waals surface area contributed by atoms with Gasteiger partial charge in [0.1, 0.15) is 0 Å². The van der Waals surface area contributed by atoms with Crippen LogP contribution in [0, 0.1) is 6.92 Å². The van der Waals surface area contributed by atoms with Gasteiger partial charge in [0, 0.05) is 49.5 Å². The Kier molecular flexibility index (Phi) is 5.66. The molecular formula is C23H30N2O. The van der Waals surface area contributed by atoms with Crippen LogP contribution in [-0.2, 0) is 11.2 Å². The minimum atomic E-state index is 0.573. The fourth-order valence-corrected chi connectivity index (χ4v) is 4.48. The van der Waals surface area contributed by atoms with Gasteiger partial charge in [-0.15, -0.1) is 0 Å². The SMILES string of the molecule is Cc1cccc(Cc2cccc([C@H]3CCCN(C4CCOCC4)C3)n2)c1. The molecule has 1 aromatic heterocycles. The molecule has 1 atom stereocenters. The molecule has 1 aromatic carbocycles. The van der Waals surface area contributed by atoms with E-state index in [1.165, 1.54) is 54.7 Å². The molecule has 4 rings (SSSR count). The second-order valence-corrected chi connectivity index (χ2v) is 7.90. The molecule has 0 aliphatic carbocycles. The van der Waals surface area contributed by atoms with Crippen molar-refractivity contribution in [1.82, 2.24) is 9.88 Å². The lowest BCUT2D eigenvalue weighted by atomic mass is 9.91. The van der Waals surface area contributed by atoms with Gasteiger partial charge in [0.25, 0.3) is 0 Å². The highest BCUT2D eigenvalue weighted by atomic mass is 16.5. The van der Waals surface area contributed by atoms with Gasteiger partial charge in [-0.3, -0.25) is 9.88 Å². The molecule has 2 aliphatic rings. The van der Waals surface area contributed by atoms with E-state index in [-0.39, 0.29) is 0 Å². The molecule has 2 aromatic rings. The third kappa shape index (κ3) is 4.33. The van der Waals surface area contributed by atoms with Gasteiger partial charge in [-0.05, 0) is 56.8 Å². The number of hydrogen-bond acceptors (Lipinski definition) is 3. The molecule has 0 saturated carbocycles. The molecule has 3 heterocycles. The van der Waals surface area contributed by atoms with E-state index in [2.05, 4.69) is 54.3 Å². The van der Waals surface area contributed by atoms with Gasteiger partial charge in [0.15, 0.2) is 0 Å². The number of pyridine rings is 1. The van der Waals surface area contributed by atoms with Crippen LogP contribution in [0.15, 0.2) is 42.5 Å². The summed E-state index contributed by atoms with van der Waals surface area (Å²) in [6.07, 6.45) is 5.85. The predicted octanol–water partition coefficient (Wildman–Crippen LogP) is 4.34. The molecule has 0 bridgehead atoms. The zero-order chi connectivity index (χ0) is 17.8. The van der Waals surface area contributed by atoms with Crippen molar-refractivity contribution in [3.05, 3.63) is 65.0 Å². The normalized spacial score (nSPS) is 22.4. The molecule has 2 saturated heterocycles. The van der Waals surface area contributed by atoms with E-state index in [4.69, 9.17) is 9.72 Å². The number of nitrogens with zero attached hydrogens (tertiary/aromatic N) is 2. The minimum absolute atomic E-state index is 0.573. The van der Waals surface area contributed by atoms with Crippen LogP contribution in [0.5, 0.6) is 0 Å². The van der Waals surface area contributed by atoms with Crippen molar-refractivity contribution in [2.24, 2.45) is 0 Å². The number of ether oxygens (including phenoxy) is 1. The summed E-state index contributed by atoms with van der Waals surface area (Å²) in [5.74, 6) is 0.573. The Hall–Kier alpha value is -1.71. The van der Waals surface area contributed by atoms with Gasteiger partial charge >= 0.3 is 0 Å². The zero-order valence-electron chi connectivity index (χ0n) is 15.9. The van der Waals surface area contributed by atoms with E-state index < -0.39 is 0 Å². The third-order valence-electron chi connectivity index (χ3n) is 5.87. The summed E-state index contributed by atoms with van der Waals surface area (Å²) in [6, 6.07) is 16.1. The van der Waals surface area contributed by atoms with Crippen molar-refractivity contribution >= 4 is 0 Å². The molecule has 2 aliphatic heterocycles. The lowest BCUT2D eigenvalue weighted by Crippen LogP contribution is -2.44. The first-order valence-corrected chi connectivity index (χ1v) is 10.1. The molecule has 0 radical (unpaired) electrons. The first-order chi connectivity index (χ1) is 12.8. The molecular weight excluding hydrogens is 320 g/mol. The topological polar surface area (TPSA) is 25.4 Å². The molecule has 0 amide bonds. The van der Waals surface area contributed by atoms with E-state index in [1.54, 1.807) is 0 Å². The van der Waals surface area contributed by atoms with Crippen LogP contribution >= 0.6 is 0 Å². The largest absolute Gasteiger partial charge is 0.381 e. The van der Waals surface area contributed by atoms with Gasteiger partial charge in [-0.2, -0.15) is 0 Å². The molecule has 138 valence electrons. The summed E-state index contributed by atoms with van der Waals surface area (Å²) < 4.78 is 5.54. The fraction of sp³-hybridized carbons (Fsp3) is 0.522.